The van der Waals surface area contributed by atoms with E-state index in [2.05, 4.69) is 10.1 Å². The summed E-state index contributed by atoms with van der Waals surface area (Å²) in [5, 5.41) is 11.9. The number of hydrogen-bond acceptors (Lipinski definition) is 9. The maximum absolute atomic E-state index is 11.9. The van der Waals surface area contributed by atoms with Crippen LogP contribution in [0.25, 0.3) is 0 Å². The quantitative estimate of drug-likeness (QED) is 0.358. The van der Waals surface area contributed by atoms with Crippen molar-refractivity contribution in [3.63, 3.8) is 0 Å². The Morgan fingerprint density at radius 3 is 2.38 bits per heavy atom. The largest absolute Gasteiger partial charge is 0.465 e. The van der Waals surface area contributed by atoms with E-state index in [9.17, 15) is 14.4 Å². The van der Waals surface area contributed by atoms with Crippen LogP contribution in [-0.4, -0.2) is 38.7 Å². The summed E-state index contributed by atoms with van der Waals surface area (Å²) in [6, 6.07) is 1.70. The molecule has 24 heavy (non-hydrogen) atoms. The zero-order valence-corrected chi connectivity index (χ0v) is 14.4. The van der Waals surface area contributed by atoms with Crippen molar-refractivity contribution in [2.45, 2.75) is 13.8 Å². The number of carbonyl (C=O) groups is 3. The standard InChI is InChI=1S/C15H16N2O6S/c1-5-23-13(18)9(6-16)7-17-12-10(14(19)21-3)8(2)11(24-12)15(20)22-4/h7,17H,5H2,1-4H3/b9-7+. The van der Waals surface area contributed by atoms with Crippen LogP contribution in [0.5, 0.6) is 0 Å². The van der Waals surface area contributed by atoms with Gasteiger partial charge in [0.05, 0.1) is 26.4 Å². The highest BCUT2D eigenvalue weighted by atomic mass is 32.1. The molecule has 0 aliphatic carbocycles. The third-order valence-corrected chi connectivity index (χ3v) is 4.07. The monoisotopic (exact) mass is 352 g/mol. The van der Waals surface area contributed by atoms with E-state index in [1.165, 1.54) is 14.2 Å². The number of carbonyl (C=O) groups excluding carboxylic acids is 3. The first-order valence-corrected chi connectivity index (χ1v) is 7.56. The van der Waals surface area contributed by atoms with Gasteiger partial charge in [0.25, 0.3) is 0 Å². The number of hydrogen-bond donors (Lipinski definition) is 1. The molecule has 0 atom stereocenters. The highest BCUT2D eigenvalue weighted by molar-refractivity contribution is 7.18. The Morgan fingerprint density at radius 2 is 1.88 bits per heavy atom. The lowest BCUT2D eigenvalue weighted by molar-refractivity contribution is -0.138. The van der Waals surface area contributed by atoms with Gasteiger partial charge in [0.1, 0.15) is 15.9 Å². The van der Waals surface area contributed by atoms with Crippen molar-refractivity contribution in [2.24, 2.45) is 0 Å². The first-order valence-electron chi connectivity index (χ1n) is 6.75. The van der Waals surface area contributed by atoms with E-state index in [4.69, 9.17) is 14.7 Å². The van der Waals surface area contributed by atoms with Crippen LogP contribution < -0.4 is 5.32 Å². The van der Waals surface area contributed by atoms with Gasteiger partial charge < -0.3 is 19.5 Å². The Morgan fingerprint density at radius 1 is 1.25 bits per heavy atom. The van der Waals surface area contributed by atoms with Gasteiger partial charge in [-0.2, -0.15) is 5.26 Å². The Labute approximate surface area is 142 Å². The third-order valence-electron chi connectivity index (χ3n) is 2.87. The summed E-state index contributed by atoms with van der Waals surface area (Å²) in [4.78, 5) is 35.5. The molecule has 0 bridgehead atoms. The van der Waals surface area contributed by atoms with Crippen LogP contribution in [0.3, 0.4) is 0 Å². The molecule has 0 radical (unpaired) electrons. The molecule has 0 spiro atoms. The Balaban J connectivity index is 3.28. The van der Waals surface area contributed by atoms with Crippen molar-refractivity contribution < 1.29 is 28.6 Å². The van der Waals surface area contributed by atoms with Gasteiger partial charge in [-0.1, -0.05) is 0 Å². The van der Waals surface area contributed by atoms with Gasteiger partial charge in [0.15, 0.2) is 5.57 Å². The molecule has 0 fully saturated rings. The lowest BCUT2D eigenvalue weighted by Gasteiger charge is -2.04. The number of nitrogens with zero attached hydrogens (tertiary/aromatic N) is 1. The minimum Gasteiger partial charge on any atom is -0.465 e. The van der Waals surface area contributed by atoms with Crippen LogP contribution >= 0.6 is 11.3 Å². The first kappa shape index (κ1) is 19.2. The van der Waals surface area contributed by atoms with Crippen LogP contribution in [-0.2, 0) is 19.0 Å². The second-order valence-corrected chi connectivity index (χ2v) is 5.30. The molecule has 0 saturated heterocycles. The summed E-state index contributed by atoms with van der Waals surface area (Å²) in [5.74, 6) is -2.07. The molecule has 9 heteroatoms. The molecule has 128 valence electrons. The van der Waals surface area contributed by atoms with E-state index < -0.39 is 17.9 Å². The van der Waals surface area contributed by atoms with Crippen molar-refractivity contribution in [2.75, 3.05) is 26.1 Å². The van der Waals surface area contributed by atoms with E-state index in [1.54, 1.807) is 19.9 Å². The van der Waals surface area contributed by atoms with Gasteiger partial charge in [-0.25, -0.2) is 14.4 Å². The fourth-order valence-corrected chi connectivity index (χ4v) is 2.82. The number of nitrogens with one attached hydrogen (secondary N) is 1. The number of methoxy groups -OCH3 is 2. The Hall–Kier alpha value is -2.86. The number of anilines is 1. The molecule has 1 aromatic rings. The van der Waals surface area contributed by atoms with Crippen molar-refractivity contribution in [1.82, 2.24) is 0 Å². The van der Waals surface area contributed by atoms with Gasteiger partial charge in [-0.05, 0) is 19.4 Å². The van der Waals surface area contributed by atoms with Gasteiger partial charge in [0, 0.05) is 6.20 Å². The number of nitriles is 1. The SMILES string of the molecule is CCOC(=O)/C(C#N)=C/Nc1sc(C(=O)OC)c(C)c1C(=O)OC. The van der Waals surface area contributed by atoms with E-state index in [1.807, 2.05) is 0 Å². The van der Waals surface area contributed by atoms with Crippen LogP contribution in [0.15, 0.2) is 11.8 Å². The van der Waals surface area contributed by atoms with Crippen molar-refractivity contribution in [1.29, 1.82) is 5.26 Å². The molecule has 0 aliphatic heterocycles. The molecule has 0 saturated carbocycles. The van der Waals surface area contributed by atoms with E-state index in [0.29, 0.717) is 5.56 Å². The Bertz CT molecular complexity index is 729. The summed E-state index contributed by atoms with van der Waals surface area (Å²) < 4.78 is 14.1. The molecule has 0 amide bonds. The van der Waals surface area contributed by atoms with Gasteiger partial charge in [-0.3, -0.25) is 0 Å². The average Bonchev–Trinajstić information content (AvgIpc) is 2.90. The number of thiophene rings is 1. The predicted octanol–water partition coefficient (Wildman–Crippen LogP) is 2.01. The zero-order chi connectivity index (χ0) is 18.3. The second-order valence-electron chi connectivity index (χ2n) is 4.28. The van der Waals surface area contributed by atoms with Gasteiger partial charge in [-0.15, -0.1) is 11.3 Å². The lowest BCUT2D eigenvalue weighted by Crippen LogP contribution is -2.09. The topological polar surface area (TPSA) is 115 Å². The zero-order valence-electron chi connectivity index (χ0n) is 13.6. The maximum atomic E-state index is 11.9. The molecule has 0 aliphatic rings. The van der Waals surface area contributed by atoms with E-state index in [-0.39, 0.29) is 27.6 Å². The van der Waals surface area contributed by atoms with Gasteiger partial charge >= 0.3 is 17.9 Å². The van der Waals surface area contributed by atoms with Crippen molar-refractivity contribution in [3.05, 3.63) is 27.8 Å². The number of esters is 3. The smallest absolute Gasteiger partial charge is 0.350 e. The molecule has 1 heterocycles. The molecule has 1 rings (SSSR count). The average molecular weight is 352 g/mol. The Kier molecular flexibility index (Phi) is 6.95. The normalized spacial score (nSPS) is 10.5. The summed E-state index contributed by atoms with van der Waals surface area (Å²) in [6.07, 6.45) is 1.11. The molecule has 1 N–H and O–H groups in total. The van der Waals surface area contributed by atoms with E-state index in [0.717, 1.165) is 17.5 Å². The number of rotatable bonds is 6. The minimum absolute atomic E-state index is 0.121. The molecular formula is C15H16N2O6S. The third kappa shape index (κ3) is 4.11. The van der Waals surface area contributed by atoms with E-state index >= 15 is 0 Å². The van der Waals surface area contributed by atoms with Crippen LogP contribution in [0.4, 0.5) is 5.00 Å². The summed E-state index contributed by atoms with van der Waals surface area (Å²) >= 11 is 0.947. The lowest BCUT2D eigenvalue weighted by atomic mass is 10.1. The summed E-state index contributed by atoms with van der Waals surface area (Å²) in [7, 11) is 2.43. The molecule has 0 aromatic carbocycles. The predicted molar refractivity (Wildman–Crippen MR) is 85.7 cm³/mol. The molecule has 1 aromatic heterocycles. The molecule has 8 nitrogen and oxygen atoms in total. The van der Waals surface area contributed by atoms with Crippen LogP contribution in [0, 0.1) is 18.3 Å². The fourth-order valence-electron chi connectivity index (χ4n) is 1.73. The summed E-state index contributed by atoms with van der Waals surface area (Å²) in [5.41, 5.74) is 0.225. The van der Waals surface area contributed by atoms with Crippen molar-refractivity contribution >= 4 is 34.2 Å². The first-order chi connectivity index (χ1) is 11.4. The highest BCUT2D eigenvalue weighted by Crippen LogP contribution is 2.34. The maximum Gasteiger partial charge on any atom is 0.350 e. The second kappa shape index (κ2) is 8.69. The molecule has 0 unspecified atom stereocenters. The fraction of sp³-hybridized carbons (Fsp3) is 0.333. The minimum atomic E-state index is -0.798. The molecular weight excluding hydrogens is 336 g/mol. The van der Waals surface area contributed by atoms with Crippen LogP contribution in [0.1, 0.15) is 32.5 Å². The number of ether oxygens (including phenoxy) is 3. The van der Waals surface area contributed by atoms with Gasteiger partial charge in [0.2, 0.25) is 0 Å². The van der Waals surface area contributed by atoms with Crippen LogP contribution in [0.2, 0.25) is 0 Å². The van der Waals surface area contributed by atoms with Crippen molar-refractivity contribution in [3.8, 4) is 6.07 Å². The highest BCUT2D eigenvalue weighted by Gasteiger charge is 2.25. The summed E-state index contributed by atoms with van der Waals surface area (Å²) in [6.45, 7) is 3.30.